The van der Waals surface area contributed by atoms with Crippen molar-refractivity contribution in [2.24, 2.45) is 0 Å². The highest BCUT2D eigenvalue weighted by atomic mass is 19.4. The average Bonchev–Trinajstić information content (AvgIpc) is 2.76. The summed E-state index contributed by atoms with van der Waals surface area (Å²) in [7, 11) is 0. The van der Waals surface area contributed by atoms with Crippen molar-refractivity contribution >= 4 is 5.97 Å². The zero-order valence-corrected chi connectivity index (χ0v) is 18.5. The number of para-hydroxylation sites is 1. The van der Waals surface area contributed by atoms with Crippen molar-refractivity contribution in [3.63, 3.8) is 0 Å². The van der Waals surface area contributed by atoms with Crippen molar-refractivity contribution in [1.29, 1.82) is 0 Å². The first-order valence-corrected chi connectivity index (χ1v) is 9.79. The third kappa shape index (κ3) is 5.14. The number of phenols is 1. The Balaban J connectivity index is 3.48. The van der Waals surface area contributed by atoms with E-state index in [0.29, 0.717) is 6.07 Å². The Bertz CT molecular complexity index is 1050. The second-order valence-corrected chi connectivity index (χ2v) is 7.68. The molecule has 0 aliphatic heterocycles. The molecule has 1 N–H and O–H groups in total. The number of aryl methyl sites for hydroxylation is 1. The molecule has 0 saturated carbocycles. The van der Waals surface area contributed by atoms with Gasteiger partial charge in [-0.25, -0.2) is 4.79 Å². The second-order valence-electron chi connectivity index (χ2n) is 7.68. The number of hydrogen-bond donors (Lipinski definition) is 1. The average molecular weight is 612 g/mol. The molecule has 1 aromatic carbocycles. The Kier molecular flexibility index (Phi) is 8.84. The van der Waals surface area contributed by atoms with Gasteiger partial charge in [-0.1, -0.05) is 12.1 Å². The number of alkyl halides is 17. The molecule has 0 amide bonds. The highest BCUT2D eigenvalue weighted by Crippen LogP contribution is 2.64. The summed E-state index contributed by atoms with van der Waals surface area (Å²) in [5.41, 5.74) is -1.73. The number of esters is 1. The minimum absolute atomic E-state index is 0.311. The topological polar surface area (TPSA) is 46.5 Å². The molecule has 1 rings (SSSR count). The van der Waals surface area contributed by atoms with Crippen LogP contribution in [0.25, 0.3) is 0 Å². The molecule has 1 aromatic rings. The van der Waals surface area contributed by atoms with Crippen LogP contribution in [0.1, 0.15) is 29.3 Å². The SMILES string of the molecule is CCOC(=O)c1cccc(CCC(F)(F)C(F)(F)C(F)(F)C(F)(F)C(F)(F)C(F)(F)C(F)(F)C(F)(F)F)c1O. The van der Waals surface area contributed by atoms with Gasteiger partial charge in [0, 0.05) is 6.42 Å². The first kappa shape index (κ1) is 34.3. The Morgan fingerprint density at radius 2 is 1.10 bits per heavy atom. The smallest absolute Gasteiger partial charge is 0.460 e. The first-order valence-electron chi connectivity index (χ1n) is 9.79. The lowest BCUT2D eigenvalue weighted by Crippen LogP contribution is -2.74. The summed E-state index contributed by atoms with van der Waals surface area (Å²) in [4.78, 5) is 11.6. The van der Waals surface area contributed by atoms with Gasteiger partial charge in [0.05, 0.1) is 6.61 Å². The van der Waals surface area contributed by atoms with Gasteiger partial charge in [0.2, 0.25) is 0 Å². The van der Waals surface area contributed by atoms with Gasteiger partial charge in [0.15, 0.2) is 0 Å². The molecular weight excluding hydrogens is 599 g/mol. The van der Waals surface area contributed by atoms with Gasteiger partial charge in [-0.15, -0.1) is 0 Å². The van der Waals surface area contributed by atoms with Gasteiger partial charge >= 0.3 is 53.6 Å². The van der Waals surface area contributed by atoms with E-state index in [9.17, 15) is 84.5 Å². The van der Waals surface area contributed by atoms with Crippen LogP contribution in [0.2, 0.25) is 0 Å². The maximum absolute atomic E-state index is 14.0. The normalized spacial score (nSPS) is 14.9. The van der Waals surface area contributed by atoms with Crippen molar-refractivity contribution in [3.05, 3.63) is 29.3 Å². The highest BCUT2D eigenvalue weighted by Gasteiger charge is 2.95. The molecule has 0 radical (unpaired) electrons. The van der Waals surface area contributed by atoms with E-state index in [4.69, 9.17) is 0 Å². The number of ether oxygens (including phenoxy) is 1. The van der Waals surface area contributed by atoms with E-state index >= 15 is 0 Å². The van der Waals surface area contributed by atoms with Crippen LogP contribution >= 0.6 is 0 Å². The fraction of sp³-hybridized carbons (Fsp3) is 0.632. The predicted octanol–water partition coefficient (Wildman–Crippen LogP) is 7.51. The maximum atomic E-state index is 14.0. The molecule has 0 saturated heterocycles. The summed E-state index contributed by atoms with van der Waals surface area (Å²) in [6, 6.07) is 2.19. The lowest BCUT2D eigenvalue weighted by atomic mass is 9.87. The number of benzene rings is 1. The molecule has 226 valence electrons. The summed E-state index contributed by atoms with van der Waals surface area (Å²) in [6.07, 6.45) is -12.3. The number of carbonyl (C=O) groups excluding carboxylic acids is 1. The molecule has 0 atom stereocenters. The van der Waals surface area contributed by atoms with E-state index < -0.39 is 83.3 Å². The van der Waals surface area contributed by atoms with Gasteiger partial charge < -0.3 is 9.84 Å². The number of aromatic hydroxyl groups is 1. The van der Waals surface area contributed by atoms with E-state index in [-0.39, 0.29) is 6.61 Å². The largest absolute Gasteiger partial charge is 0.507 e. The first-order chi connectivity index (χ1) is 17.1. The maximum Gasteiger partial charge on any atom is 0.460 e. The standard InChI is InChI=1S/C19H13F17O3/c1-2-39-11(38)9-5-3-4-8(10(9)37)6-7-12(20,21)13(22,23)14(24,25)15(26,27)16(28,29)17(30,31)18(32,33)19(34,35)36/h3-5,37H,2,6-7H2,1H3. The van der Waals surface area contributed by atoms with Crippen molar-refractivity contribution in [2.75, 3.05) is 6.61 Å². The molecule has 3 nitrogen and oxygen atoms in total. The molecule has 0 aromatic heterocycles. The number of halogens is 17. The Labute approximate surface area is 205 Å². The van der Waals surface area contributed by atoms with Crippen LogP contribution in [0.15, 0.2) is 18.2 Å². The lowest BCUT2D eigenvalue weighted by molar-refractivity contribution is -0.461. The number of rotatable bonds is 11. The lowest BCUT2D eigenvalue weighted by Gasteiger charge is -2.42. The van der Waals surface area contributed by atoms with Crippen molar-refractivity contribution < 1.29 is 89.3 Å². The molecule has 0 unspecified atom stereocenters. The van der Waals surface area contributed by atoms with Crippen LogP contribution < -0.4 is 0 Å². The predicted molar refractivity (Wildman–Crippen MR) is 93.1 cm³/mol. The number of phenolic OH excluding ortho intramolecular Hbond substituents is 1. The van der Waals surface area contributed by atoms with E-state index in [2.05, 4.69) is 4.74 Å². The molecule has 0 fully saturated rings. The van der Waals surface area contributed by atoms with Gasteiger partial charge in [0.25, 0.3) is 0 Å². The van der Waals surface area contributed by atoms with Crippen LogP contribution in [0.5, 0.6) is 5.75 Å². The van der Waals surface area contributed by atoms with E-state index in [1.54, 1.807) is 0 Å². The second kappa shape index (κ2) is 10.0. The fourth-order valence-electron chi connectivity index (χ4n) is 2.81. The van der Waals surface area contributed by atoms with Crippen molar-refractivity contribution in [3.8, 4) is 5.75 Å². The quantitative estimate of drug-likeness (QED) is 0.208. The zero-order chi connectivity index (χ0) is 31.3. The summed E-state index contributed by atoms with van der Waals surface area (Å²) in [5.74, 6) is -59.6. The molecular formula is C19H13F17O3. The minimum Gasteiger partial charge on any atom is -0.507 e. The van der Waals surface area contributed by atoms with E-state index in [1.807, 2.05) is 0 Å². The van der Waals surface area contributed by atoms with Gasteiger partial charge in [-0.05, 0) is 25.0 Å². The van der Waals surface area contributed by atoms with Crippen molar-refractivity contribution in [1.82, 2.24) is 0 Å². The Morgan fingerprint density at radius 3 is 1.51 bits per heavy atom. The Morgan fingerprint density at radius 1 is 0.692 bits per heavy atom. The third-order valence-electron chi connectivity index (χ3n) is 5.11. The molecule has 0 aliphatic carbocycles. The van der Waals surface area contributed by atoms with Crippen molar-refractivity contribution in [2.45, 2.75) is 67.4 Å². The van der Waals surface area contributed by atoms with Gasteiger partial charge in [-0.3, -0.25) is 0 Å². The molecule has 0 bridgehead atoms. The zero-order valence-electron chi connectivity index (χ0n) is 18.5. The third-order valence-corrected chi connectivity index (χ3v) is 5.11. The molecule has 0 spiro atoms. The van der Waals surface area contributed by atoms with Crippen LogP contribution in [0.4, 0.5) is 74.6 Å². The monoisotopic (exact) mass is 612 g/mol. The molecule has 20 heteroatoms. The van der Waals surface area contributed by atoms with Crippen LogP contribution in [-0.4, -0.2) is 65.3 Å². The summed E-state index contributed by atoms with van der Waals surface area (Å²) < 4.78 is 231. The summed E-state index contributed by atoms with van der Waals surface area (Å²) >= 11 is 0. The minimum atomic E-state index is -8.70. The van der Waals surface area contributed by atoms with Crippen LogP contribution in [0.3, 0.4) is 0 Å². The molecule has 0 heterocycles. The summed E-state index contributed by atoms with van der Waals surface area (Å²) in [6.45, 7) is 0.954. The van der Waals surface area contributed by atoms with Gasteiger partial charge in [0.1, 0.15) is 11.3 Å². The van der Waals surface area contributed by atoms with E-state index in [0.717, 1.165) is 12.1 Å². The Hall–Kier alpha value is -2.70. The van der Waals surface area contributed by atoms with Gasteiger partial charge in [-0.2, -0.15) is 74.6 Å². The fourth-order valence-corrected chi connectivity index (χ4v) is 2.81. The van der Waals surface area contributed by atoms with Crippen LogP contribution in [0, 0.1) is 0 Å². The number of hydrogen-bond acceptors (Lipinski definition) is 3. The molecule has 0 aliphatic rings. The van der Waals surface area contributed by atoms with E-state index in [1.165, 1.54) is 6.92 Å². The summed E-state index contributed by atoms with van der Waals surface area (Å²) in [5, 5.41) is 9.87. The molecule has 39 heavy (non-hydrogen) atoms. The highest BCUT2D eigenvalue weighted by molar-refractivity contribution is 5.92. The van der Waals surface area contributed by atoms with Crippen LogP contribution in [-0.2, 0) is 11.2 Å². The number of carbonyl (C=O) groups is 1.